The van der Waals surface area contributed by atoms with Gasteiger partial charge in [0.15, 0.2) is 5.82 Å². The van der Waals surface area contributed by atoms with Gasteiger partial charge < -0.3 is 4.52 Å². The summed E-state index contributed by atoms with van der Waals surface area (Å²) >= 11 is 0. The number of benzene rings is 1. The predicted molar refractivity (Wildman–Crippen MR) is 71.8 cm³/mol. The predicted octanol–water partition coefficient (Wildman–Crippen LogP) is 2.74. The standard InChI is InChI=1S/C15H18N2O2/c1-10(2)13(18)9-15-16-14(17-19-15)8-12-6-4-5-11(3)7-12/h4-7,10H,8-9H2,1-3H3. The smallest absolute Gasteiger partial charge is 0.234 e. The molecule has 0 N–H and O–H groups in total. The highest BCUT2D eigenvalue weighted by Crippen LogP contribution is 2.10. The van der Waals surface area contributed by atoms with E-state index < -0.39 is 0 Å². The molecular formula is C15H18N2O2. The van der Waals surface area contributed by atoms with Crippen molar-refractivity contribution in [3.05, 3.63) is 47.1 Å². The van der Waals surface area contributed by atoms with Gasteiger partial charge in [0.1, 0.15) is 5.78 Å². The highest BCUT2D eigenvalue weighted by Gasteiger charge is 2.14. The third-order valence-electron chi connectivity index (χ3n) is 2.92. The van der Waals surface area contributed by atoms with Crippen LogP contribution in [0.15, 0.2) is 28.8 Å². The summed E-state index contributed by atoms with van der Waals surface area (Å²) in [6.07, 6.45) is 0.847. The molecule has 2 aromatic rings. The molecule has 0 aliphatic carbocycles. The molecule has 0 aliphatic heterocycles. The van der Waals surface area contributed by atoms with E-state index in [0.717, 1.165) is 5.56 Å². The van der Waals surface area contributed by atoms with Gasteiger partial charge in [0, 0.05) is 12.3 Å². The minimum atomic E-state index is -0.00729. The van der Waals surface area contributed by atoms with Gasteiger partial charge in [-0.2, -0.15) is 4.98 Å². The molecule has 0 aliphatic rings. The van der Waals surface area contributed by atoms with Crippen molar-refractivity contribution in [2.45, 2.75) is 33.6 Å². The minimum Gasteiger partial charge on any atom is -0.339 e. The second kappa shape index (κ2) is 5.78. The van der Waals surface area contributed by atoms with E-state index in [4.69, 9.17) is 4.52 Å². The summed E-state index contributed by atoms with van der Waals surface area (Å²) in [5.41, 5.74) is 2.35. The molecule has 0 amide bonds. The first-order chi connectivity index (χ1) is 9.04. The van der Waals surface area contributed by atoms with Crippen molar-refractivity contribution in [1.82, 2.24) is 10.1 Å². The largest absolute Gasteiger partial charge is 0.339 e. The molecule has 1 heterocycles. The lowest BCUT2D eigenvalue weighted by atomic mass is 10.1. The highest BCUT2D eigenvalue weighted by molar-refractivity contribution is 5.81. The van der Waals surface area contributed by atoms with Gasteiger partial charge in [0.25, 0.3) is 0 Å². The summed E-state index contributed by atoms with van der Waals surface area (Å²) in [5.74, 6) is 1.14. The van der Waals surface area contributed by atoms with E-state index in [-0.39, 0.29) is 18.1 Å². The van der Waals surface area contributed by atoms with Crippen molar-refractivity contribution in [2.24, 2.45) is 5.92 Å². The van der Waals surface area contributed by atoms with E-state index in [1.807, 2.05) is 39.0 Å². The Morgan fingerprint density at radius 2 is 2.16 bits per heavy atom. The van der Waals surface area contributed by atoms with Crippen molar-refractivity contribution in [3.8, 4) is 0 Å². The second-order valence-corrected chi connectivity index (χ2v) is 5.07. The molecule has 4 heteroatoms. The summed E-state index contributed by atoms with van der Waals surface area (Å²) < 4.78 is 5.11. The molecule has 0 atom stereocenters. The number of hydrogen-bond acceptors (Lipinski definition) is 4. The molecule has 0 saturated heterocycles. The molecule has 19 heavy (non-hydrogen) atoms. The van der Waals surface area contributed by atoms with Gasteiger partial charge >= 0.3 is 0 Å². The molecule has 0 unspecified atom stereocenters. The molecular weight excluding hydrogens is 240 g/mol. The summed E-state index contributed by atoms with van der Waals surface area (Å²) in [4.78, 5) is 15.9. The van der Waals surface area contributed by atoms with Crippen LogP contribution in [0.25, 0.3) is 0 Å². The quantitative estimate of drug-likeness (QED) is 0.827. The van der Waals surface area contributed by atoms with Crippen LogP contribution in [-0.2, 0) is 17.6 Å². The minimum absolute atomic E-state index is 0.00729. The maximum Gasteiger partial charge on any atom is 0.234 e. The van der Waals surface area contributed by atoms with Crippen molar-refractivity contribution >= 4 is 5.78 Å². The number of Topliss-reactive ketones (excluding diaryl/α,β-unsaturated/α-hetero) is 1. The maximum absolute atomic E-state index is 11.6. The first kappa shape index (κ1) is 13.5. The highest BCUT2D eigenvalue weighted by atomic mass is 16.5. The van der Waals surface area contributed by atoms with Gasteiger partial charge in [-0.05, 0) is 12.5 Å². The summed E-state index contributed by atoms with van der Waals surface area (Å²) in [7, 11) is 0. The van der Waals surface area contributed by atoms with E-state index in [9.17, 15) is 4.79 Å². The lowest BCUT2D eigenvalue weighted by Crippen LogP contribution is -2.10. The Bertz CT molecular complexity index is 573. The number of carbonyl (C=O) groups excluding carboxylic acids is 1. The van der Waals surface area contributed by atoms with Gasteiger partial charge in [-0.1, -0.05) is 48.8 Å². The van der Waals surface area contributed by atoms with Crippen LogP contribution in [0.4, 0.5) is 0 Å². The zero-order chi connectivity index (χ0) is 13.8. The maximum atomic E-state index is 11.6. The average Bonchev–Trinajstić information content (AvgIpc) is 2.76. The molecule has 2 rings (SSSR count). The number of rotatable bonds is 5. The Kier molecular flexibility index (Phi) is 4.10. The van der Waals surface area contributed by atoms with Gasteiger partial charge in [0.05, 0.1) is 6.42 Å². The number of aromatic nitrogens is 2. The van der Waals surface area contributed by atoms with Crippen molar-refractivity contribution in [1.29, 1.82) is 0 Å². The normalized spacial score (nSPS) is 10.9. The van der Waals surface area contributed by atoms with E-state index in [1.54, 1.807) is 0 Å². The summed E-state index contributed by atoms with van der Waals surface area (Å²) in [6, 6.07) is 8.18. The summed E-state index contributed by atoms with van der Waals surface area (Å²) in [6.45, 7) is 5.78. The van der Waals surface area contributed by atoms with Gasteiger partial charge in [-0.3, -0.25) is 4.79 Å². The van der Waals surface area contributed by atoms with Crippen LogP contribution in [0.3, 0.4) is 0 Å². The van der Waals surface area contributed by atoms with Crippen LogP contribution < -0.4 is 0 Å². The molecule has 100 valence electrons. The van der Waals surface area contributed by atoms with Crippen molar-refractivity contribution in [2.75, 3.05) is 0 Å². The van der Waals surface area contributed by atoms with Crippen LogP contribution in [0, 0.1) is 12.8 Å². The van der Waals surface area contributed by atoms with E-state index in [0.29, 0.717) is 18.1 Å². The zero-order valence-corrected chi connectivity index (χ0v) is 11.5. The van der Waals surface area contributed by atoms with E-state index >= 15 is 0 Å². The van der Waals surface area contributed by atoms with E-state index in [2.05, 4.69) is 16.2 Å². The molecule has 4 nitrogen and oxygen atoms in total. The molecule has 0 spiro atoms. The fourth-order valence-electron chi connectivity index (χ4n) is 1.79. The molecule has 1 aromatic heterocycles. The third kappa shape index (κ3) is 3.74. The number of carbonyl (C=O) groups is 1. The number of aryl methyl sites for hydroxylation is 1. The Morgan fingerprint density at radius 3 is 2.84 bits per heavy atom. The summed E-state index contributed by atoms with van der Waals surface area (Å²) in [5, 5.41) is 3.92. The lowest BCUT2D eigenvalue weighted by Gasteiger charge is -1.99. The fraction of sp³-hybridized carbons (Fsp3) is 0.400. The Labute approximate surface area is 112 Å². The van der Waals surface area contributed by atoms with Crippen LogP contribution >= 0.6 is 0 Å². The van der Waals surface area contributed by atoms with Crippen LogP contribution in [0.1, 0.15) is 36.7 Å². The first-order valence-corrected chi connectivity index (χ1v) is 6.44. The molecule has 1 aromatic carbocycles. The lowest BCUT2D eigenvalue weighted by molar-refractivity contribution is -0.121. The Morgan fingerprint density at radius 1 is 1.37 bits per heavy atom. The molecule has 0 fully saturated rings. The topological polar surface area (TPSA) is 56.0 Å². The Hall–Kier alpha value is -1.97. The monoisotopic (exact) mass is 258 g/mol. The van der Waals surface area contributed by atoms with Gasteiger partial charge in [-0.15, -0.1) is 0 Å². The van der Waals surface area contributed by atoms with Crippen LogP contribution in [0.5, 0.6) is 0 Å². The first-order valence-electron chi connectivity index (χ1n) is 6.44. The van der Waals surface area contributed by atoms with Crippen molar-refractivity contribution < 1.29 is 9.32 Å². The third-order valence-corrected chi connectivity index (χ3v) is 2.92. The van der Waals surface area contributed by atoms with Gasteiger partial charge in [0.2, 0.25) is 5.89 Å². The number of hydrogen-bond donors (Lipinski definition) is 0. The zero-order valence-electron chi connectivity index (χ0n) is 11.5. The van der Waals surface area contributed by atoms with Crippen LogP contribution in [-0.4, -0.2) is 15.9 Å². The fourth-order valence-corrected chi connectivity index (χ4v) is 1.79. The van der Waals surface area contributed by atoms with Crippen LogP contribution in [0.2, 0.25) is 0 Å². The SMILES string of the molecule is Cc1cccc(Cc2noc(CC(=O)C(C)C)n2)c1. The van der Waals surface area contributed by atoms with Crippen molar-refractivity contribution in [3.63, 3.8) is 0 Å². The second-order valence-electron chi connectivity index (χ2n) is 5.07. The van der Waals surface area contributed by atoms with Gasteiger partial charge in [-0.25, -0.2) is 0 Å². The number of nitrogens with zero attached hydrogens (tertiary/aromatic N) is 2. The average molecular weight is 258 g/mol. The van der Waals surface area contributed by atoms with E-state index in [1.165, 1.54) is 5.56 Å². The number of ketones is 1. The molecule has 0 radical (unpaired) electrons. The molecule has 0 saturated carbocycles. The molecule has 0 bridgehead atoms. The Balaban J connectivity index is 2.03.